The van der Waals surface area contributed by atoms with Crippen molar-refractivity contribution in [1.29, 1.82) is 0 Å². The molecule has 0 aliphatic heterocycles. The van der Waals surface area contributed by atoms with Crippen LogP contribution in [0.5, 0.6) is 5.75 Å². The molecule has 0 saturated carbocycles. The second kappa shape index (κ2) is 7.38. The maximum absolute atomic E-state index is 11.2. The van der Waals surface area contributed by atoms with Crippen LogP contribution in [0.4, 0.5) is 0 Å². The normalized spacial score (nSPS) is 13.2. The van der Waals surface area contributed by atoms with E-state index in [1.54, 1.807) is 18.2 Å². The average Bonchev–Trinajstić information content (AvgIpc) is 2.40. The Hall–Kier alpha value is -2.07. The van der Waals surface area contributed by atoms with Crippen LogP contribution in [0.25, 0.3) is 0 Å². The van der Waals surface area contributed by atoms with E-state index in [4.69, 9.17) is 9.47 Å². The summed E-state index contributed by atoms with van der Waals surface area (Å²) in [7, 11) is 0. The lowest BCUT2D eigenvalue weighted by Gasteiger charge is -2.22. The minimum absolute atomic E-state index is 0.546. The molecule has 0 radical (unpaired) electrons. The molecule has 0 spiro atoms. The molecule has 4 heteroatoms. The maximum atomic E-state index is 11.2. The molecule has 0 aliphatic rings. The third-order valence-electron chi connectivity index (χ3n) is 2.37. The summed E-state index contributed by atoms with van der Waals surface area (Å²) in [5.41, 5.74) is 0.901. The molecule has 1 aromatic carbocycles. The van der Waals surface area contributed by atoms with Gasteiger partial charge in [0.1, 0.15) is 11.9 Å². The predicted molar refractivity (Wildman–Crippen MR) is 72.7 cm³/mol. The Morgan fingerprint density at radius 2 is 2.11 bits per heavy atom. The molecule has 1 rings (SSSR count). The lowest BCUT2D eigenvalue weighted by molar-refractivity contribution is -0.172. The Morgan fingerprint density at radius 1 is 1.42 bits per heavy atom. The molecule has 0 aliphatic carbocycles. The molecule has 4 nitrogen and oxygen atoms in total. The first kappa shape index (κ1) is 15.0. The molecule has 0 aromatic heterocycles. The van der Waals surface area contributed by atoms with Crippen molar-refractivity contribution in [2.24, 2.45) is 0 Å². The smallest absolute Gasteiger partial charge is 0.333 e. The van der Waals surface area contributed by atoms with Crippen LogP contribution in [0, 0.1) is 0 Å². The molecular weight excluding hydrogens is 244 g/mol. The van der Waals surface area contributed by atoms with Crippen LogP contribution in [0.3, 0.4) is 0 Å². The number of allylic oxidation sites excluding steroid dienone is 1. The highest BCUT2D eigenvalue weighted by Gasteiger charge is 2.21. The van der Waals surface area contributed by atoms with Gasteiger partial charge in [0.25, 0.3) is 6.29 Å². The van der Waals surface area contributed by atoms with Crippen molar-refractivity contribution in [3.05, 3.63) is 55.1 Å². The van der Waals surface area contributed by atoms with Crippen molar-refractivity contribution in [2.75, 3.05) is 0 Å². The zero-order chi connectivity index (χ0) is 14.3. The summed E-state index contributed by atoms with van der Waals surface area (Å²) in [6, 6.07) is 7.30. The summed E-state index contributed by atoms with van der Waals surface area (Å²) in [5, 5.41) is 9.58. The van der Waals surface area contributed by atoms with Crippen LogP contribution >= 0.6 is 0 Å². The predicted octanol–water partition coefficient (Wildman–Crippen LogP) is 2.23. The molecule has 0 heterocycles. The van der Waals surface area contributed by atoms with E-state index in [0.717, 1.165) is 11.6 Å². The molecule has 2 atom stereocenters. The number of para-hydroxylation sites is 1. The molecule has 1 N–H and O–H groups in total. The van der Waals surface area contributed by atoms with Crippen LogP contribution in [0.1, 0.15) is 12.5 Å². The number of hydrogen-bond acceptors (Lipinski definition) is 4. The Balaban J connectivity index is 2.86. The number of carbonyl (C=O) groups is 1. The molecule has 2 unspecified atom stereocenters. The van der Waals surface area contributed by atoms with E-state index >= 15 is 0 Å². The largest absolute Gasteiger partial charge is 0.452 e. The van der Waals surface area contributed by atoms with Gasteiger partial charge >= 0.3 is 5.97 Å². The van der Waals surface area contributed by atoms with E-state index in [9.17, 15) is 9.90 Å². The zero-order valence-corrected chi connectivity index (χ0v) is 10.9. The summed E-state index contributed by atoms with van der Waals surface area (Å²) in [6.07, 6.45) is 1.36. The van der Waals surface area contributed by atoms with Gasteiger partial charge in [-0.3, -0.25) is 0 Å². The average molecular weight is 262 g/mol. The van der Waals surface area contributed by atoms with Crippen LogP contribution in [0.2, 0.25) is 0 Å². The summed E-state index contributed by atoms with van der Waals surface area (Å²) in [4.78, 5) is 11.2. The lowest BCUT2D eigenvalue weighted by Crippen LogP contribution is -2.34. The topological polar surface area (TPSA) is 55.8 Å². The first-order valence-electron chi connectivity index (χ1n) is 5.95. The number of esters is 1. The third kappa shape index (κ3) is 4.60. The summed E-state index contributed by atoms with van der Waals surface area (Å²) in [6.45, 7) is 8.45. The fraction of sp³-hybridized carbons (Fsp3) is 0.267. The van der Waals surface area contributed by atoms with Gasteiger partial charge in [-0.15, -0.1) is 6.58 Å². The molecule has 0 fully saturated rings. The number of ether oxygens (including phenoxy) is 2. The van der Waals surface area contributed by atoms with Crippen LogP contribution in [-0.4, -0.2) is 23.5 Å². The first-order chi connectivity index (χ1) is 9.08. The van der Waals surface area contributed by atoms with Crippen LogP contribution in [0.15, 0.2) is 49.6 Å². The Kier molecular flexibility index (Phi) is 5.82. The Morgan fingerprint density at radius 3 is 2.68 bits per heavy atom. The van der Waals surface area contributed by atoms with Gasteiger partial charge < -0.3 is 14.6 Å². The number of hydrogen-bond donors (Lipinski definition) is 1. The van der Waals surface area contributed by atoms with Gasteiger partial charge in [-0.1, -0.05) is 30.9 Å². The van der Waals surface area contributed by atoms with Gasteiger partial charge in [-0.25, -0.2) is 4.79 Å². The number of aliphatic hydroxyl groups is 1. The zero-order valence-electron chi connectivity index (χ0n) is 10.9. The van der Waals surface area contributed by atoms with Crippen molar-refractivity contribution >= 4 is 5.97 Å². The molecule has 0 amide bonds. The van der Waals surface area contributed by atoms with Crippen LogP contribution < -0.4 is 4.74 Å². The third-order valence-corrected chi connectivity index (χ3v) is 2.37. The van der Waals surface area contributed by atoms with Gasteiger partial charge in [0.2, 0.25) is 0 Å². The minimum Gasteiger partial charge on any atom is -0.452 e. The standard InChI is InChI=1S/C15H18O4/c1-4-8-12-9-6-7-10-13(12)18-15(11(3)16)19-14(17)5-2/h4-7,9-11,15-16H,1-2,8H2,3H3. The van der Waals surface area contributed by atoms with E-state index in [1.165, 1.54) is 6.92 Å². The quantitative estimate of drug-likeness (QED) is 0.354. The molecule has 0 bridgehead atoms. The van der Waals surface area contributed by atoms with Crippen LogP contribution in [-0.2, 0) is 16.0 Å². The number of carbonyl (C=O) groups excluding carboxylic acids is 1. The van der Waals surface area contributed by atoms with E-state index in [0.29, 0.717) is 12.2 Å². The first-order valence-corrected chi connectivity index (χ1v) is 5.95. The van der Waals surface area contributed by atoms with Gasteiger partial charge in [-0.05, 0) is 25.0 Å². The Bertz CT molecular complexity index is 451. The molecule has 102 valence electrons. The lowest BCUT2D eigenvalue weighted by atomic mass is 10.1. The number of aliphatic hydroxyl groups excluding tert-OH is 1. The molecular formula is C15H18O4. The monoisotopic (exact) mass is 262 g/mol. The van der Waals surface area contributed by atoms with E-state index in [1.807, 2.05) is 12.1 Å². The van der Waals surface area contributed by atoms with Crippen molar-refractivity contribution in [3.63, 3.8) is 0 Å². The van der Waals surface area contributed by atoms with Crippen molar-refractivity contribution < 1.29 is 19.4 Å². The van der Waals surface area contributed by atoms with Gasteiger partial charge in [0, 0.05) is 6.08 Å². The second-order valence-corrected chi connectivity index (χ2v) is 3.97. The number of benzene rings is 1. The fourth-order valence-corrected chi connectivity index (χ4v) is 1.45. The maximum Gasteiger partial charge on any atom is 0.333 e. The van der Waals surface area contributed by atoms with Crippen molar-refractivity contribution in [3.8, 4) is 5.75 Å². The highest BCUT2D eigenvalue weighted by atomic mass is 16.7. The van der Waals surface area contributed by atoms with E-state index in [2.05, 4.69) is 13.2 Å². The molecule has 0 saturated heterocycles. The van der Waals surface area contributed by atoms with Crippen molar-refractivity contribution in [2.45, 2.75) is 25.7 Å². The van der Waals surface area contributed by atoms with Gasteiger partial charge in [0.15, 0.2) is 0 Å². The SMILES string of the molecule is C=CCc1ccccc1OC(OC(=O)C=C)C(C)O. The summed E-state index contributed by atoms with van der Waals surface area (Å²) >= 11 is 0. The second-order valence-electron chi connectivity index (χ2n) is 3.97. The highest BCUT2D eigenvalue weighted by Crippen LogP contribution is 2.21. The fourth-order valence-electron chi connectivity index (χ4n) is 1.45. The number of rotatable bonds is 7. The molecule has 19 heavy (non-hydrogen) atoms. The van der Waals surface area contributed by atoms with Gasteiger partial charge in [-0.2, -0.15) is 0 Å². The van der Waals surface area contributed by atoms with Gasteiger partial charge in [0.05, 0.1) is 0 Å². The molecule has 1 aromatic rings. The Labute approximate surface area is 113 Å². The summed E-state index contributed by atoms with van der Waals surface area (Å²) < 4.78 is 10.5. The van der Waals surface area contributed by atoms with Crippen molar-refractivity contribution in [1.82, 2.24) is 0 Å². The van der Waals surface area contributed by atoms with E-state index in [-0.39, 0.29) is 0 Å². The van der Waals surface area contributed by atoms with E-state index < -0.39 is 18.4 Å². The summed E-state index contributed by atoms with van der Waals surface area (Å²) in [5.74, 6) is -0.0998. The highest BCUT2D eigenvalue weighted by molar-refractivity contribution is 5.81. The minimum atomic E-state index is -1.07.